The summed E-state index contributed by atoms with van der Waals surface area (Å²) in [5, 5.41) is 0.312. The first kappa shape index (κ1) is 26.6. The Morgan fingerprint density at radius 1 is 1.20 bits per heavy atom. The minimum Gasteiger partial charge on any atom is -0.369 e. The molecule has 0 saturated carbocycles. The van der Waals surface area contributed by atoms with E-state index in [1.54, 1.807) is 18.2 Å². The van der Waals surface area contributed by atoms with Crippen molar-refractivity contribution in [2.75, 3.05) is 11.4 Å². The molecule has 2 atom stereocenters. The summed E-state index contributed by atoms with van der Waals surface area (Å²) < 4.78 is 75.6. The summed E-state index contributed by atoms with van der Waals surface area (Å²) >= 11 is 3.56. The Bertz CT molecular complexity index is 1270. The second kappa shape index (κ2) is 10.7. The maximum absolute atomic E-state index is 14.6. The molecule has 0 bridgehead atoms. The van der Waals surface area contributed by atoms with Gasteiger partial charge < -0.3 is 5.73 Å². The van der Waals surface area contributed by atoms with Gasteiger partial charge >= 0.3 is 6.18 Å². The van der Waals surface area contributed by atoms with Crippen LogP contribution in [0.4, 0.5) is 23.2 Å². The summed E-state index contributed by atoms with van der Waals surface area (Å²) in [6.45, 7) is 0. The maximum atomic E-state index is 14.6. The van der Waals surface area contributed by atoms with Gasteiger partial charge in [-0.25, -0.2) is 13.6 Å². The Labute approximate surface area is 206 Å². The Morgan fingerprint density at radius 3 is 2.49 bits per heavy atom. The lowest BCUT2D eigenvalue weighted by Gasteiger charge is -2.19. The fourth-order valence-electron chi connectivity index (χ4n) is 3.59. The number of carbonyl (C=O) groups excluding carboxylic acids is 1. The number of benzene rings is 2. The summed E-state index contributed by atoms with van der Waals surface area (Å²) in [5.41, 5.74) is 5.36. The van der Waals surface area contributed by atoms with Crippen LogP contribution >= 0.6 is 11.6 Å². The highest BCUT2D eigenvalue weighted by Gasteiger charge is 2.33. The number of rotatable bonds is 8. The van der Waals surface area contributed by atoms with E-state index < -0.39 is 40.8 Å². The fourth-order valence-corrected chi connectivity index (χ4v) is 4.09. The van der Waals surface area contributed by atoms with E-state index in [1.165, 1.54) is 31.3 Å². The van der Waals surface area contributed by atoms with Crippen molar-refractivity contribution in [1.29, 1.82) is 0 Å². The first-order chi connectivity index (χ1) is 16.4. The Morgan fingerprint density at radius 2 is 1.91 bits per heavy atom. The normalized spacial score (nSPS) is 13.3. The molecule has 186 valence electrons. The Hall–Kier alpha value is -3.02. The SMILES string of the molecule is CN(c1ccc(C(CCc2ccc(C(F)(F)F)nc2-c2cccc(Cl)c2)C(N)=O)cc1F)S(=O)O. The van der Waals surface area contributed by atoms with Crippen LogP contribution in [-0.4, -0.2) is 26.7 Å². The van der Waals surface area contributed by atoms with Crippen LogP contribution in [0.1, 0.15) is 29.2 Å². The first-order valence-electron chi connectivity index (χ1n) is 10.1. The highest BCUT2D eigenvalue weighted by Crippen LogP contribution is 2.34. The second-order valence-corrected chi connectivity index (χ2v) is 9.09. The summed E-state index contributed by atoms with van der Waals surface area (Å²) in [6, 6.07) is 12.0. The van der Waals surface area contributed by atoms with Crippen molar-refractivity contribution < 1.29 is 31.1 Å². The molecule has 1 amide bonds. The van der Waals surface area contributed by atoms with Crippen LogP contribution in [0.5, 0.6) is 0 Å². The quantitative estimate of drug-likeness (QED) is 0.304. The highest BCUT2D eigenvalue weighted by atomic mass is 35.5. The number of anilines is 1. The van der Waals surface area contributed by atoms with Crippen molar-refractivity contribution in [3.8, 4) is 11.3 Å². The van der Waals surface area contributed by atoms with Gasteiger partial charge in [0.1, 0.15) is 11.5 Å². The van der Waals surface area contributed by atoms with E-state index in [2.05, 4.69) is 4.98 Å². The number of primary amides is 1. The van der Waals surface area contributed by atoms with E-state index in [1.807, 2.05) is 0 Å². The van der Waals surface area contributed by atoms with Gasteiger partial charge in [-0.15, -0.1) is 0 Å². The van der Waals surface area contributed by atoms with Crippen LogP contribution in [0, 0.1) is 5.82 Å². The summed E-state index contributed by atoms with van der Waals surface area (Å²) in [4.78, 5) is 16.0. The molecule has 3 N–H and O–H groups in total. The molecule has 3 rings (SSSR count). The molecule has 0 fully saturated rings. The molecule has 3 aromatic rings. The van der Waals surface area contributed by atoms with Crippen molar-refractivity contribution in [3.05, 3.63) is 82.3 Å². The number of aromatic nitrogens is 1. The van der Waals surface area contributed by atoms with Crippen molar-refractivity contribution in [2.45, 2.75) is 24.9 Å². The molecule has 1 aromatic heterocycles. The predicted octanol–water partition coefficient (Wildman–Crippen LogP) is 5.33. The monoisotopic (exact) mass is 529 g/mol. The number of halogens is 5. The highest BCUT2D eigenvalue weighted by molar-refractivity contribution is 7.80. The molecule has 0 aliphatic heterocycles. The molecule has 0 spiro atoms. The van der Waals surface area contributed by atoms with Gasteiger partial charge in [0.05, 0.1) is 17.3 Å². The van der Waals surface area contributed by atoms with E-state index in [4.69, 9.17) is 21.9 Å². The molecule has 1 heterocycles. The van der Waals surface area contributed by atoms with E-state index >= 15 is 0 Å². The molecule has 35 heavy (non-hydrogen) atoms. The van der Waals surface area contributed by atoms with Gasteiger partial charge in [-0.3, -0.25) is 13.7 Å². The Balaban J connectivity index is 1.95. The largest absolute Gasteiger partial charge is 0.433 e. The predicted molar refractivity (Wildman–Crippen MR) is 126 cm³/mol. The van der Waals surface area contributed by atoms with E-state index in [9.17, 15) is 26.6 Å². The summed E-state index contributed by atoms with van der Waals surface area (Å²) in [5.74, 6) is -2.58. The number of nitrogens with two attached hydrogens (primary N) is 1. The van der Waals surface area contributed by atoms with Crippen molar-refractivity contribution in [2.24, 2.45) is 5.73 Å². The van der Waals surface area contributed by atoms with Crippen LogP contribution in [0.3, 0.4) is 0 Å². The molecule has 0 aliphatic carbocycles. The number of alkyl halides is 3. The molecular formula is C23H20ClF4N3O3S. The van der Waals surface area contributed by atoms with Gasteiger partial charge in [-0.2, -0.15) is 13.2 Å². The van der Waals surface area contributed by atoms with Crippen LogP contribution in [0.15, 0.2) is 54.6 Å². The summed E-state index contributed by atoms with van der Waals surface area (Å²) in [7, 11) is 1.22. The van der Waals surface area contributed by atoms with Gasteiger partial charge in [0, 0.05) is 17.6 Å². The molecule has 2 unspecified atom stereocenters. The minimum absolute atomic E-state index is 0.0521. The number of pyridine rings is 1. The third kappa shape index (κ3) is 6.36. The average Bonchev–Trinajstić information content (AvgIpc) is 2.78. The van der Waals surface area contributed by atoms with Crippen LogP contribution in [0.25, 0.3) is 11.3 Å². The van der Waals surface area contributed by atoms with Gasteiger partial charge in [-0.1, -0.05) is 35.9 Å². The van der Waals surface area contributed by atoms with Crippen molar-refractivity contribution in [1.82, 2.24) is 4.98 Å². The Kier molecular flexibility index (Phi) is 8.14. The summed E-state index contributed by atoms with van der Waals surface area (Å²) in [6.07, 6.45) is -4.51. The van der Waals surface area contributed by atoms with Crippen LogP contribution in [0.2, 0.25) is 5.02 Å². The molecule has 0 radical (unpaired) electrons. The third-order valence-corrected chi connectivity index (χ3v) is 6.26. The van der Waals surface area contributed by atoms with Gasteiger partial charge in [-0.05, 0) is 54.3 Å². The standard InChI is InChI=1S/C23H20ClF4N3O3S/c1-31(35(33)34)19-9-6-14(12-18(19)25)17(22(29)32)8-5-13-7-10-20(23(26,27)28)30-21(13)15-3-2-4-16(24)11-15/h2-4,6-7,9-12,17H,5,8H2,1H3,(H2,29,32)(H,33,34). The van der Waals surface area contributed by atoms with Crippen LogP contribution < -0.4 is 10.0 Å². The zero-order chi connectivity index (χ0) is 25.9. The number of hydrogen-bond acceptors (Lipinski definition) is 3. The van der Waals surface area contributed by atoms with Crippen LogP contribution in [-0.2, 0) is 28.7 Å². The average molecular weight is 530 g/mol. The molecule has 12 heteroatoms. The van der Waals surface area contributed by atoms with E-state index in [-0.39, 0.29) is 29.8 Å². The number of hydrogen-bond donors (Lipinski definition) is 2. The molecule has 0 saturated heterocycles. The second-order valence-electron chi connectivity index (χ2n) is 7.64. The number of aryl methyl sites for hydroxylation is 1. The van der Waals surface area contributed by atoms with E-state index in [0.717, 1.165) is 16.4 Å². The number of nitrogens with zero attached hydrogens (tertiary/aromatic N) is 2. The molecule has 6 nitrogen and oxygen atoms in total. The number of amides is 1. The van der Waals surface area contributed by atoms with E-state index in [0.29, 0.717) is 16.1 Å². The number of carbonyl (C=O) groups is 1. The zero-order valence-corrected chi connectivity index (χ0v) is 19.8. The zero-order valence-electron chi connectivity index (χ0n) is 18.2. The minimum atomic E-state index is -4.66. The van der Waals surface area contributed by atoms with Crippen molar-refractivity contribution in [3.63, 3.8) is 0 Å². The lowest BCUT2D eigenvalue weighted by atomic mass is 9.90. The molecule has 2 aromatic carbocycles. The third-order valence-electron chi connectivity index (χ3n) is 5.36. The van der Waals surface area contributed by atoms with Gasteiger partial charge in [0.15, 0.2) is 0 Å². The van der Waals surface area contributed by atoms with Crippen molar-refractivity contribution >= 4 is 34.5 Å². The lowest BCUT2D eigenvalue weighted by molar-refractivity contribution is -0.141. The topological polar surface area (TPSA) is 96.5 Å². The van der Waals surface area contributed by atoms with Gasteiger partial charge in [0.2, 0.25) is 5.91 Å². The first-order valence-corrected chi connectivity index (χ1v) is 11.6. The lowest BCUT2D eigenvalue weighted by Crippen LogP contribution is -2.23. The smallest absolute Gasteiger partial charge is 0.369 e. The molecule has 0 aliphatic rings. The fraction of sp³-hybridized carbons (Fsp3) is 0.217. The maximum Gasteiger partial charge on any atom is 0.433 e. The van der Waals surface area contributed by atoms with Gasteiger partial charge in [0.25, 0.3) is 11.3 Å². The molecular weight excluding hydrogens is 510 g/mol.